The van der Waals surface area contributed by atoms with Crippen LogP contribution in [0.3, 0.4) is 0 Å². The zero-order chi connectivity index (χ0) is 19.3. The molecular formula is C19H23BrN2O3S. The molecule has 0 unspecified atom stereocenters. The predicted molar refractivity (Wildman–Crippen MR) is 106 cm³/mol. The normalized spacial score (nSPS) is 11.8. The topological polar surface area (TPSA) is 66.5 Å². The molecule has 0 atom stereocenters. The first-order valence-corrected chi connectivity index (χ1v) is 10.5. The smallest absolute Gasteiger partial charge is 0.243 e. The van der Waals surface area contributed by atoms with Crippen molar-refractivity contribution < 1.29 is 13.2 Å². The molecule has 0 spiro atoms. The summed E-state index contributed by atoms with van der Waals surface area (Å²) in [7, 11) is -3.81. The first kappa shape index (κ1) is 20.6. The van der Waals surface area contributed by atoms with Crippen molar-refractivity contribution in [3.8, 4) is 0 Å². The highest BCUT2D eigenvalue weighted by atomic mass is 79.9. The van der Waals surface area contributed by atoms with Gasteiger partial charge in [-0.1, -0.05) is 45.8 Å². The van der Waals surface area contributed by atoms with Crippen LogP contribution in [0.25, 0.3) is 0 Å². The fourth-order valence-electron chi connectivity index (χ4n) is 2.41. The molecule has 2 aromatic carbocycles. The largest absolute Gasteiger partial charge is 0.353 e. The summed E-state index contributed by atoms with van der Waals surface area (Å²) in [5.41, 5.74) is 1.92. The van der Waals surface area contributed by atoms with Gasteiger partial charge in [0.15, 0.2) is 0 Å². The minimum Gasteiger partial charge on any atom is -0.353 e. The Kier molecular flexibility index (Phi) is 6.97. The van der Waals surface area contributed by atoms with Gasteiger partial charge in [-0.25, -0.2) is 8.42 Å². The van der Waals surface area contributed by atoms with E-state index in [1.807, 2.05) is 45.0 Å². The van der Waals surface area contributed by atoms with Crippen LogP contribution in [0.4, 0.5) is 0 Å². The summed E-state index contributed by atoms with van der Waals surface area (Å²) in [6.07, 6.45) is 0. The average Bonchev–Trinajstić information content (AvgIpc) is 2.56. The average molecular weight is 439 g/mol. The summed E-state index contributed by atoms with van der Waals surface area (Å²) in [5.74, 6) is -0.326. The molecule has 0 radical (unpaired) electrons. The van der Waals surface area contributed by atoms with Crippen molar-refractivity contribution in [2.45, 2.75) is 38.3 Å². The van der Waals surface area contributed by atoms with E-state index in [2.05, 4.69) is 21.2 Å². The van der Waals surface area contributed by atoms with Crippen LogP contribution in [-0.2, 0) is 21.4 Å². The summed E-state index contributed by atoms with van der Waals surface area (Å²) >= 11 is 3.30. The summed E-state index contributed by atoms with van der Waals surface area (Å²) in [6, 6.07) is 13.9. The van der Waals surface area contributed by atoms with Crippen LogP contribution in [0.15, 0.2) is 57.9 Å². The van der Waals surface area contributed by atoms with E-state index >= 15 is 0 Å². The summed E-state index contributed by atoms with van der Waals surface area (Å²) < 4.78 is 28.1. The monoisotopic (exact) mass is 438 g/mol. The second-order valence-electron chi connectivity index (χ2n) is 6.43. The number of sulfonamides is 1. The van der Waals surface area contributed by atoms with Gasteiger partial charge in [0.1, 0.15) is 0 Å². The maximum Gasteiger partial charge on any atom is 0.243 e. The molecule has 0 aromatic heterocycles. The first-order chi connectivity index (χ1) is 12.2. The molecule has 7 heteroatoms. The van der Waals surface area contributed by atoms with Crippen molar-refractivity contribution in [3.63, 3.8) is 0 Å². The second kappa shape index (κ2) is 8.79. The van der Waals surface area contributed by atoms with Gasteiger partial charge in [-0.15, -0.1) is 0 Å². The van der Waals surface area contributed by atoms with Crippen LogP contribution in [0.1, 0.15) is 25.0 Å². The van der Waals surface area contributed by atoms with Crippen LogP contribution in [-0.4, -0.2) is 31.2 Å². The molecule has 0 aliphatic heterocycles. The number of halogens is 1. The third-order valence-corrected chi connectivity index (χ3v) is 6.04. The molecule has 26 heavy (non-hydrogen) atoms. The zero-order valence-corrected chi connectivity index (χ0v) is 17.5. The van der Waals surface area contributed by atoms with Crippen molar-refractivity contribution in [2.24, 2.45) is 0 Å². The van der Waals surface area contributed by atoms with E-state index in [9.17, 15) is 13.2 Å². The Morgan fingerprint density at radius 2 is 1.65 bits per heavy atom. The molecule has 5 nitrogen and oxygen atoms in total. The molecule has 2 rings (SSSR count). The molecule has 0 saturated heterocycles. The lowest BCUT2D eigenvalue weighted by atomic mass is 10.1. The molecule has 0 bridgehead atoms. The third-order valence-electron chi connectivity index (χ3n) is 3.70. The Balaban J connectivity index is 2.33. The summed E-state index contributed by atoms with van der Waals surface area (Å²) in [6.45, 7) is 5.54. The lowest BCUT2D eigenvalue weighted by Crippen LogP contribution is -2.42. The second-order valence-corrected chi connectivity index (χ2v) is 9.29. The quantitative estimate of drug-likeness (QED) is 0.719. The Bertz CT molecular complexity index is 847. The van der Waals surface area contributed by atoms with Crippen molar-refractivity contribution in [1.29, 1.82) is 0 Å². The van der Waals surface area contributed by atoms with E-state index in [-0.39, 0.29) is 29.9 Å². The highest BCUT2D eigenvalue weighted by Crippen LogP contribution is 2.21. The van der Waals surface area contributed by atoms with Crippen LogP contribution >= 0.6 is 15.9 Å². The van der Waals surface area contributed by atoms with Crippen LogP contribution in [0.2, 0.25) is 0 Å². The van der Waals surface area contributed by atoms with Gasteiger partial charge >= 0.3 is 0 Å². The molecule has 1 amide bonds. The standard InChI is InChI=1S/C19H23BrN2O3S/c1-14(2)21-19(23)13-22(12-16-6-4-15(3)5-7-16)26(24,25)18-10-8-17(20)9-11-18/h4-11,14H,12-13H2,1-3H3,(H,21,23). The van der Waals surface area contributed by atoms with Crippen molar-refractivity contribution >= 4 is 31.9 Å². The van der Waals surface area contributed by atoms with Crippen molar-refractivity contribution in [1.82, 2.24) is 9.62 Å². The highest BCUT2D eigenvalue weighted by molar-refractivity contribution is 9.10. The molecule has 0 aliphatic rings. The van der Waals surface area contributed by atoms with Gasteiger partial charge in [0.2, 0.25) is 15.9 Å². The van der Waals surface area contributed by atoms with E-state index in [0.717, 1.165) is 15.6 Å². The minimum absolute atomic E-state index is 0.0564. The van der Waals surface area contributed by atoms with Crippen molar-refractivity contribution in [3.05, 3.63) is 64.1 Å². The number of nitrogens with one attached hydrogen (secondary N) is 1. The number of aryl methyl sites for hydroxylation is 1. The Labute approximate surface area is 163 Å². The van der Waals surface area contributed by atoms with Crippen LogP contribution in [0, 0.1) is 6.92 Å². The van der Waals surface area contributed by atoms with Gasteiger partial charge in [-0.3, -0.25) is 4.79 Å². The Hall–Kier alpha value is -1.70. The third kappa shape index (κ3) is 5.65. The summed E-state index contributed by atoms with van der Waals surface area (Å²) in [5, 5.41) is 2.75. The van der Waals surface area contributed by atoms with E-state index in [4.69, 9.17) is 0 Å². The van der Waals surface area contributed by atoms with Crippen LogP contribution < -0.4 is 5.32 Å². The lowest BCUT2D eigenvalue weighted by Gasteiger charge is -2.22. The number of hydrogen-bond donors (Lipinski definition) is 1. The van der Waals surface area contributed by atoms with E-state index in [0.29, 0.717) is 0 Å². The maximum atomic E-state index is 13.1. The molecular weight excluding hydrogens is 416 g/mol. The number of amides is 1. The number of hydrogen-bond acceptors (Lipinski definition) is 3. The minimum atomic E-state index is -3.81. The van der Waals surface area contributed by atoms with Gasteiger partial charge in [0.25, 0.3) is 0 Å². The number of rotatable bonds is 7. The Morgan fingerprint density at radius 3 is 2.19 bits per heavy atom. The Morgan fingerprint density at radius 1 is 1.08 bits per heavy atom. The molecule has 0 fully saturated rings. The number of nitrogens with zero attached hydrogens (tertiary/aromatic N) is 1. The fraction of sp³-hybridized carbons (Fsp3) is 0.316. The van der Waals surface area contributed by atoms with Crippen LogP contribution in [0.5, 0.6) is 0 Å². The molecule has 0 aliphatic carbocycles. The van der Waals surface area contributed by atoms with Gasteiger partial charge in [-0.2, -0.15) is 4.31 Å². The van der Waals surface area contributed by atoms with Gasteiger partial charge < -0.3 is 5.32 Å². The molecule has 2 aromatic rings. The van der Waals surface area contributed by atoms with E-state index in [1.54, 1.807) is 12.1 Å². The van der Waals surface area contributed by atoms with Gasteiger partial charge in [-0.05, 0) is 50.6 Å². The zero-order valence-electron chi connectivity index (χ0n) is 15.1. The molecule has 0 heterocycles. The number of carbonyl (C=O) groups excluding carboxylic acids is 1. The lowest BCUT2D eigenvalue weighted by molar-refractivity contribution is -0.121. The first-order valence-electron chi connectivity index (χ1n) is 8.29. The highest BCUT2D eigenvalue weighted by Gasteiger charge is 2.27. The molecule has 1 N–H and O–H groups in total. The SMILES string of the molecule is Cc1ccc(CN(CC(=O)NC(C)C)S(=O)(=O)c2ccc(Br)cc2)cc1. The summed E-state index contributed by atoms with van der Waals surface area (Å²) in [4.78, 5) is 12.4. The number of carbonyl (C=O) groups is 1. The fourth-order valence-corrected chi connectivity index (χ4v) is 4.06. The number of benzene rings is 2. The van der Waals surface area contributed by atoms with Gasteiger partial charge in [0, 0.05) is 17.1 Å². The van der Waals surface area contributed by atoms with Gasteiger partial charge in [0.05, 0.1) is 11.4 Å². The predicted octanol–water partition coefficient (Wildman–Crippen LogP) is 3.47. The molecule has 140 valence electrons. The molecule has 0 saturated carbocycles. The van der Waals surface area contributed by atoms with E-state index < -0.39 is 10.0 Å². The van der Waals surface area contributed by atoms with Crippen molar-refractivity contribution in [2.75, 3.05) is 6.54 Å². The maximum absolute atomic E-state index is 13.1. The van der Waals surface area contributed by atoms with E-state index in [1.165, 1.54) is 16.4 Å².